The van der Waals surface area contributed by atoms with Crippen LogP contribution in [-0.4, -0.2) is 27.7 Å². The van der Waals surface area contributed by atoms with Crippen molar-refractivity contribution in [2.24, 2.45) is 0 Å². The number of aromatic carboxylic acids is 1. The van der Waals surface area contributed by atoms with E-state index in [0.29, 0.717) is 12.3 Å². The van der Waals surface area contributed by atoms with Gasteiger partial charge in [0.2, 0.25) is 0 Å². The molecule has 0 aliphatic rings. The summed E-state index contributed by atoms with van der Waals surface area (Å²) in [5.41, 5.74) is 2.38. The highest BCUT2D eigenvalue weighted by atomic mass is 16.5. The first-order valence-electron chi connectivity index (χ1n) is 5.91. The lowest BCUT2D eigenvalue weighted by Crippen LogP contribution is -2.01. The van der Waals surface area contributed by atoms with E-state index in [1.54, 1.807) is 0 Å². The molecule has 0 amide bonds. The number of hydrogen-bond acceptors (Lipinski definition) is 4. The zero-order valence-electron chi connectivity index (χ0n) is 10.8. The molecule has 0 saturated carbocycles. The highest BCUT2D eigenvalue weighted by molar-refractivity contribution is 5.86. The number of nitrogens with zero attached hydrogens (tertiary/aromatic N) is 2. The number of ether oxygens (including phenoxy) is 1. The van der Waals surface area contributed by atoms with Gasteiger partial charge in [-0.15, -0.1) is 0 Å². The summed E-state index contributed by atoms with van der Waals surface area (Å²) in [6.45, 7) is 4.47. The molecule has 0 radical (unpaired) electrons. The Balaban J connectivity index is 2.39. The van der Waals surface area contributed by atoms with E-state index in [2.05, 4.69) is 9.97 Å². The summed E-state index contributed by atoms with van der Waals surface area (Å²) in [6, 6.07) is 7.08. The van der Waals surface area contributed by atoms with Crippen LogP contribution in [0.2, 0.25) is 0 Å². The van der Waals surface area contributed by atoms with Crippen molar-refractivity contribution in [1.29, 1.82) is 0 Å². The standard InChI is InChI=1S/C14H14N2O3/c1-3-19-13-5-4-10(6-9(13)2)11-7-12(14(17)18)16-8-15-11/h4-8H,3H2,1-2H3,(H,17,18). The Morgan fingerprint density at radius 2 is 2.11 bits per heavy atom. The van der Waals surface area contributed by atoms with Gasteiger partial charge in [-0.1, -0.05) is 0 Å². The maximum Gasteiger partial charge on any atom is 0.354 e. The molecular weight excluding hydrogens is 244 g/mol. The Bertz CT molecular complexity index is 611. The van der Waals surface area contributed by atoms with E-state index < -0.39 is 5.97 Å². The van der Waals surface area contributed by atoms with Crippen LogP contribution >= 0.6 is 0 Å². The van der Waals surface area contributed by atoms with Gasteiger partial charge in [-0.05, 0) is 43.7 Å². The monoisotopic (exact) mass is 258 g/mol. The van der Waals surface area contributed by atoms with Gasteiger partial charge in [-0.25, -0.2) is 14.8 Å². The zero-order chi connectivity index (χ0) is 13.8. The smallest absolute Gasteiger partial charge is 0.354 e. The minimum atomic E-state index is -1.06. The molecule has 1 heterocycles. The fourth-order valence-corrected chi connectivity index (χ4v) is 1.76. The molecule has 19 heavy (non-hydrogen) atoms. The lowest BCUT2D eigenvalue weighted by Gasteiger charge is -2.09. The molecule has 1 aromatic carbocycles. The van der Waals surface area contributed by atoms with Crippen LogP contribution in [0.3, 0.4) is 0 Å². The summed E-state index contributed by atoms with van der Waals surface area (Å²) in [5, 5.41) is 8.91. The van der Waals surface area contributed by atoms with Gasteiger partial charge in [0.1, 0.15) is 12.1 Å². The Kier molecular flexibility index (Phi) is 3.75. The van der Waals surface area contributed by atoms with Gasteiger partial charge in [0, 0.05) is 5.56 Å². The third-order valence-electron chi connectivity index (χ3n) is 2.66. The van der Waals surface area contributed by atoms with E-state index in [-0.39, 0.29) is 5.69 Å². The van der Waals surface area contributed by atoms with Crippen LogP contribution in [0, 0.1) is 6.92 Å². The average Bonchev–Trinajstić information content (AvgIpc) is 2.41. The van der Waals surface area contributed by atoms with E-state index in [9.17, 15) is 4.79 Å². The van der Waals surface area contributed by atoms with Crippen molar-refractivity contribution < 1.29 is 14.6 Å². The third-order valence-corrected chi connectivity index (χ3v) is 2.66. The SMILES string of the molecule is CCOc1ccc(-c2cc(C(=O)O)ncn2)cc1C. The quantitative estimate of drug-likeness (QED) is 0.912. The van der Waals surface area contributed by atoms with Crippen LogP contribution in [0.15, 0.2) is 30.6 Å². The Hall–Kier alpha value is -2.43. The lowest BCUT2D eigenvalue weighted by atomic mass is 10.1. The minimum Gasteiger partial charge on any atom is -0.494 e. The van der Waals surface area contributed by atoms with Crippen molar-refractivity contribution in [3.63, 3.8) is 0 Å². The van der Waals surface area contributed by atoms with Crippen LogP contribution in [0.5, 0.6) is 5.75 Å². The van der Waals surface area contributed by atoms with E-state index in [0.717, 1.165) is 16.9 Å². The summed E-state index contributed by atoms with van der Waals surface area (Å²) in [4.78, 5) is 18.7. The minimum absolute atomic E-state index is 0.0171. The fourth-order valence-electron chi connectivity index (χ4n) is 1.76. The molecular formula is C14H14N2O3. The maximum absolute atomic E-state index is 10.9. The average molecular weight is 258 g/mol. The summed E-state index contributed by atoms with van der Waals surface area (Å²) < 4.78 is 5.46. The second-order valence-electron chi connectivity index (χ2n) is 4.01. The van der Waals surface area contributed by atoms with Gasteiger partial charge in [0.25, 0.3) is 0 Å². The van der Waals surface area contributed by atoms with Crippen molar-refractivity contribution in [3.8, 4) is 17.0 Å². The molecule has 5 nitrogen and oxygen atoms in total. The highest BCUT2D eigenvalue weighted by Gasteiger charge is 2.09. The van der Waals surface area contributed by atoms with Gasteiger partial charge in [0.05, 0.1) is 12.3 Å². The number of carboxylic acids is 1. The number of aromatic nitrogens is 2. The first-order chi connectivity index (χ1) is 9.11. The molecule has 0 atom stereocenters. The molecule has 1 aromatic heterocycles. The topological polar surface area (TPSA) is 72.3 Å². The second-order valence-corrected chi connectivity index (χ2v) is 4.01. The van der Waals surface area contributed by atoms with Crippen molar-refractivity contribution in [3.05, 3.63) is 41.9 Å². The predicted octanol–water partition coefficient (Wildman–Crippen LogP) is 2.55. The third kappa shape index (κ3) is 2.88. The number of carbonyl (C=O) groups is 1. The highest BCUT2D eigenvalue weighted by Crippen LogP contribution is 2.25. The summed E-state index contributed by atoms with van der Waals surface area (Å²) in [7, 11) is 0. The number of aryl methyl sites for hydroxylation is 1. The van der Waals surface area contributed by atoms with Crippen LogP contribution < -0.4 is 4.74 Å². The van der Waals surface area contributed by atoms with Gasteiger partial charge in [-0.3, -0.25) is 0 Å². The fraction of sp³-hybridized carbons (Fsp3) is 0.214. The number of rotatable bonds is 4. The van der Waals surface area contributed by atoms with Crippen LogP contribution in [0.4, 0.5) is 0 Å². The van der Waals surface area contributed by atoms with Crippen molar-refractivity contribution in [2.75, 3.05) is 6.61 Å². The van der Waals surface area contributed by atoms with E-state index >= 15 is 0 Å². The molecule has 0 spiro atoms. The molecule has 2 rings (SSSR count). The molecule has 2 aromatic rings. The Morgan fingerprint density at radius 3 is 2.74 bits per heavy atom. The molecule has 98 valence electrons. The van der Waals surface area contributed by atoms with E-state index in [1.807, 2.05) is 32.0 Å². The van der Waals surface area contributed by atoms with Crippen molar-refractivity contribution >= 4 is 5.97 Å². The summed E-state index contributed by atoms with van der Waals surface area (Å²) in [5.74, 6) is -0.245. The van der Waals surface area contributed by atoms with Crippen molar-refractivity contribution in [1.82, 2.24) is 9.97 Å². The maximum atomic E-state index is 10.9. The molecule has 0 bridgehead atoms. The molecule has 0 aliphatic heterocycles. The number of carboxylic acid groups (broad SMARTS) is 1. The van der Waals surface area contributed by atoms with E-state index in [1.165, 1.54) is 12.4 Å². The largest absolute Gasteiger partial charge is 0.494 e. The Morgan fingerprint density at radius 1 is 1.32 bits per heavy atom. The molecule has 5 heteroatoms. The van der Waals surface area contributed by atoms with E-state index in [4.69, 9.17) is 9.84 Å². The number of benzene rings is 1. The first kappa shape index (κ1) is 13.0. The normalized spacial score (nSPS) is 10.2. The van der Waals surface area contributed by atoms with Crippen LogP contribution in [-0.2, 0) is 0 Å². The first-order valence-corrected chi connectivity index (χ1v) is 5.91. The summed E-state index contributed by atoms with van der Waals surface area (Å²) in [6.07, 6.45) is 1.25. The second kappa shape index (κ2) is 5.48. The zero-order valence-corrected chi connectivity index (χ0v) is 10.8. The molecule has 0 fully saturated rings. The van der Waals surface area contributed by atoms with Gasteiger partial charge < -0.3 is 9.84 Å². The molecule has 0 unspecified atom stereocenters. The Labute approximate surface area is 110 Å². The van der Waals surface area contributed by atoms with Gasteiger partial charge >= 0.3 is 5.97 Å². The van der Waals surface area contributed by atoms with Crippen LogP contribution in [0.1, 0.15) is 23.0 Å². The predicted molar refractivity (Wildman–Crippen MR) is 70.3 cm³/mol. The van der Waals surface area contributed by atoms with Gasteiger partial charge in [0.15, 0.2) is 5.69 Å². The number of hydrogen-bond donors (Lipinski definition) is 1. The molecule has 0 aliphatic carbocycles. The summed E-state index contributed by atoms with van der Waals surface area (Å²) >= 11 is 0. The lowest BCUT2D eigenvalue weighted by molar-refractivity contribution is 0.0690. The van der Waals surface area contributed by atoms with Gasteiger partial charge in [-0.2, -0.15) is 0 Å². The molecule has 1 N–H and O–H groups in total. The molecule has 0 saturated heterocycles. The van der Waals surface area contributed by atoms with Crippen molar-refractivity contribution in [2.45, 2.75) is 13.8 Å². The van der Waals surface area contributed by atoms with Crippen LogP contribution in [0.25, 0.3) is 11.3 Å².